The second kappa shape index (κ2) is 7.59. The van der Waals surface area contributed by atoms with E-state index in [0.29, 0.717) is 11.1 Å². The number of hydrogen-bond donors (Lipinski definition) is 0. The summed E-state index contributed by atoms with van der Waals surface area (Å²) in [6, 6.07) is 0. The van der Waals surface area contributed by atoms with Gasteiger partial charge in [0.05, 0.1) is 31.4 Å². The Morgan fingerprint density at radius 2 is 2.24 bits per heavy atom. The van der Waals surface area contributed by atoms with Crippen LogP contribution in [0.3, 0.4) is 0 Å². The molecule has 0 N–H and O–H groups in total. The maximum absolute atomic E-state index is 5.14. The fourth-order valence-corrected chi connectivity index (χ4v) is 4.54. The molecule has 25 heavy (non-hydrogen) atoms. The average Bonchev–Trinajstić information content (AvgIpc) is 3.37. The van der Waals surface area contributed by atoms with E-state index in [-0.39, 0.29) is 0 Å². The van der Waals surface area contributed by atoms with Crippen LogP contribution < -0.4 is 4.74 Å². The Hall–Kier alpha value is -1.84. The lowest BCUT2D eigenvalue weighted by molar-refractivity contribution is 0.194. The van der Waals surface area contributed by atoms with Gasteiger partial charge in [0.1, 0.15) is 10.8 Å². The van der Waals surface area contributed by atoms with Gasteiger partial charge in [0.2, 0.25) is 0 Å². The summed E-state index contributed by atoms with van der Waals surface area (Å²) < 4.78 is 7.37. The van der Waals surface area contributed by atoms with E-state index >= 15 is 0 Å². The van der Waals surface area contributed by atoms with Gasteiger partial charge in [-0.3, -0.25) is 4.90 Å². The molecule has 0 aliphatic carbocycles. The van der Waals surface area contributed by atoms with E-state index in [0.717, 1.165) is 42.7 Å². The smallest absolute Gasteiger partial charge is 0.293 e. The molecule has 7 nitrogen and oxygen atoms in total. The summed E-state index contributed by atoms with van der Waals surface area (Å²) in [5, 5.41) is 12.0. The molecule has 0 amide bonds. The summed E-state index contributed by atoms with van der Waals surface area (Å²) in [5.74, 6) is 1.60. The molecule has 0 saturated carbocycles. The predicted molar refractivity (Wildman–Crippen MR) is 97.2 cm³/mol. The van der Waals surface area contributed by atoms with Crippen LogP contribution in [0.5, 0.6) is 5.19 Å². The van der Waals surface area contributed by atoms with Crippen molar-refractivity contribution < 1.29 is 4.74 Å². The van der Waals surface area contributed by atoms with Crippen LogP contribution in [0.2, 0.25) is 0 Å². The van der Waals surface area contributed by atoms with Crippen LogP contribution in [0.1, 0.15) is 35.3 Å². The van der Waals surface area contributed by atoms with E-state index in [2.05, 4.69) is 41.2 Å². The first-order chi connectivity index (χ1) is 12.3. The van der Waals surface area contributed by atoms with Crippen molar-refractivity contribution in [3.8, 4) is 5.19 Å². The highest BCUT2D eigenvalue weighted by molar-refractivity contribution is 7.13. The standard InChI is InChI=1S/C16H20N6OS2/c1-23-16-20-19-14(25-16)9-21-5-2-3-12(7-21)15-17-4-6-22(15)8-13-10-24-11-18-13/h4,6,10-12H,2-3,5,7-9H2,1H3/t12-/m1/s1. The van der Waals surface area contributed by atoms with Crippen molar-refractivity contribution in [2.45, 2.75) is 31.8 Å². The first-order valence-electron chi connectivity index (χ1n) is 8.28. The molecule has 9 heteroatoms. The zero-order chi connectivity index (χ0) is 17.1. The van der Waals surface area contributed by atoms with Crippen LogP contribution in [-0.4, -0.2) is 49.8 Å². The second-order valence-corrected chi connectivity index (χ2v) is 7.88. The summed E-state index contributed by atoms with van der Waals surface area (Å²) in [5.41, 5.74) is 2.97. The highest BCUT2D eigenvalue weighted by Crippen LogP contribution is 2.28. The van der Waals surface area contributed by atoms with Gasteiger partial charge < -0.3 is 9.30 Å². The van der Waals surface area contributed by atoms with Crippen molar-refractivity contribution in [2.75, 3.05) is 20.2 Å². The molecule has 132 valence electrons. The molecule has 0 aromatic carbocycles. The normalized spacial score (nSPS) is 18.5. The van der Waals surface area contributed by atoms with E-state index < -0.39 is 0 Å². The summed E-state index contributed by atoms with van der Waals surface area (Å²) in [7, 11) is 1.63. The summed E-state index contributed by atoms with van der Waals surface area (Å²) in [4.78, 5) is 11.5. The Bertz CT molecular complexity index is 799. The molecule has 4 rings (SSSR count). The van der Waals surface area contributed by atoms with Crippen LogP contribution >= 0.6 is 22.7 Å². The van der Waals surface area contributed by atoms with Crippen molar-refractivity contribution in [3.63, 3.8) is 0 Å². The fraction of sp³-hybridized carbons (Fsp3) is 0.500. The quantitative estimate of drug-likeness (QED) is 0.659. The predicted octanol–water partition coefficient (Wildman–Crippen LogP) is 2.63. The molecule has 3 aromatic heterocycles. The van der Waals surface area contributed by atoms with E-state index in [1.807, 2.05) is 11.7 Å². The van der Waals surface area contributed by atoms with Gasteiger partial charge in [0.25, 0.3) is 5.19 Å². The summed E-state index contributed by atoms with van der Waals surface area (Å²) in [6.45, 7) is 3.70. The topological polar surface area (TPSA) is 69.0 Å². The number of thiazole rings is 1. The largest absolute Gasteiger partial charge is 0.472 e. The van der Waals surface area contributed by atoms with Gasteiger partial charge in [-0.05, 0) is 19.4 Å². The van der Waals surface area contributed by atoms with Crippen molar-refractivity contribution in [3.05, 3.63) is 39.8 Å². The molecule has 0 unspecified atom stereocenters. The molecule has 1 aliphatic rings. The average molecular weight is 377 g/mol. The first-order valence-corrected chi connectivity index (χ1v) is 10.0. The van der Waals surface area contributed by atoms with Crippen LogP contribution in [0.4, 0.5) is 0 Å². The van der Waals surface area contributed by atoms with Crippen molar-refractivity contribution in [2.24, 2.45) is 0 Å². The zero-order valence-corrected chi connectivity index (χ0v) is 15.7. The lowest BCUT2D eigenvalue weighted by atomic mass is 9.97. The maximum Gasteiger partial charge on any atom is 0.293 e. The number of nitrogens with zero attached hydrogens (tertiary/aromatic N) is 6. The first kappa shape index (κ1) is 16.6. The van der Waals surface area contributed by atoms with Gasteiger partial charge in [-0.1, -0.05) is 11.3 Å². The monoisotopic (exact) mass is 376 g/mol. The minimum atomic E-state index is 0.442. The Labute approximate surface area is 154 Å². The van der Waals surface area contributed by atoms with Gasteiger partial charge >= 0.3 is 0 Å². The fourth-order valence-electron chi connectivity index (χ4n) is 3.29. The van der Waals surface area contributed by atoms with E-state index in [1.54, 1.807) is 18.4 Å². The molecular weight excluding hydrogens is 356 g/mol. The summed E-state index contributed by atoms with van der Waals surface area (Å²) >= 11 is 3.15. The molecular formula is C16H20N6OS2. The van der Waals surface area contributed by atoms with Gasteiger partial charge in [-0.25, -0.2) is 9.97 Å². The van der Waals surface area contributed by atoms with Gasteiger partial charge in [0, 0.05) is 30.2 Å². The molecule has 1 fully saturated rings. The minimum Gasteiger partial charge on any atom is -0.472 e. The van der Waals surface area contributed by atoms with Crippen molar-refractivity contribution in [1.29, 1.82) is 0 Å². The molecule has 0 bridgehead atoms. The summed E-state index contributed by atoms with van der Waals surface area (Å²) in [6.07, 6.45) is 6.30. The molecule has 1 atom stereocenters. The Morgan fingerprint density at radius 3 is 3.04 bits per heavy atom. The van der Waals surface area contributed by atoms with Gasteiger partial charge in [-0.2, -0.15) is 0 Å². The highest BCUT2D eigenvalue weighted by Gasteiger charge is 2.25. The Kier molecular flexibility index (Phi) is 5.04. The SMILES string of the molecule is COc1nnc(CN2CCC[C@@H](c3nccn3Cc3cscn3)C2)s1. The number of ether oxygens (including phenoxy) is 1. The van der Waals surface area contributed by atoms with Crippen LogP contribution in [0.25, 0.3) is 0 Å². The zero-order valence-electron chi connectivity index (χ0n) is 14.0. The van der Waals surface area contributed by atoms with E-state index in [4.69, 9.17) is 4.74 Å². The lowest BCUT2D eigenvalue weighted by Gasteiger charge is -2.31. The number of hydrogen-bond acceptors (Lipinski definition) is 8. The minimum absolute atomic E-state index is 0.442. The number of methoxy groups -OCH3 is 1. The number of rotatable bonds is 6. The van der Waals surface area contributed by atoms with E-state index in [1.165, 1.54) is 24.2 Å². The molecule has 4 heterocycles. The van der Waals surface area contributed by atoms with Gasteiger partial charge in [0.15, 0.2) is 0 Å². The second-order valence-electron chi connectivity index (χ2n) is 6.13. The maximum atomic E-state index is 5.14. The number of likely N-dealkylation sites (tertiary alicyclic amines) is 1. The Balaban J connectivity index is 1.43. The number of aromatic nitrogens is 5. The molecule has 1 aliphatic heterocycles. The van der Waals surface area contributed by atoms with E-state index in [9.17, 15) is 0 Å². The highest BCUT2D eigenvalue weighted by atomic mass is 32.1. The molecule has 3 aromatic rings. The third kappa shape index (κ3) is 3.88. The Morgan fingerprint density at radius 1 is 1.28 bits per heavy atom. The van der Waals surface area contributed by atoms with Crippen LogP contribution in [-0.2, 0) is 13.1 Å². The molecule has 1 saturated heterocycles. The van der Waals surface area contributed by atoms with Crippen molar-refractivity contribution in [1.82, 2.24) is 29.6 Å². The van der Waals surface area contributed by atoms with Crippen molar-refractivity contribution >= 4 is 22.7 Å². The number of piperidine rings is 1. The van der Waals surface area contributed by atoms with Gasteiger partial charge in [-0.15, -0.1) is 21.5 Å². The van der Waals surface area contributed by atoms with Crippen LogP contribution in [0.15, 0.2) is 23.3 Å². The molecule has 0 spiro atoms. The number of imidazole rings is 1. The lowest BCUT2D eigenvalue weighted by Crippen LogP contribution is -2.35. The third-order valence-electron chi connectivity index (χ3n) is 4.42. The van der Waals surface area contributed by atoms with Crippen LogP contribution in [0, 0.1) is 0 Å². The third-order valence-corrected chi connectivity index (χ3v) is 5.92. The molecule has 0 radical (unpaired) electrons.